The molecule has 0 unspecified atom stereocenters. The van der Waals surface area contributed by atoms with Gasteiger partial charge in [-0.25, -0.2) is 4.98 Å². The van der Waals surface area contributed by atoms with Crippen LogP contribution in [-0.2, 0) is 6.61 Å². The van der Waals surface area contributed by atoms with Crippen molar-refractivity contribution in [2.24, 2.45) is 0 Å². The van der Waals surface area contributed by atoms with Crippen LogP contribution in [0.3, 0.4) is 0 Å². The number of hydrogen-bond acceptors (Lipinski definition) is 2. The van der Waals surface area contributed by atoms with E-state index in [1.165, 1.54) is 5.56 Å². The lowest BCUT2D eigenvalue weighted by Crippen LogP contribution is -1.94. The summed E-state index contributed by atoms with van der Waals surface area (Å²) in [5.41, 5.74) is 4.90. The predicted molar refractivity (Wildman–Crippen MR) is 80.6 cm³/mol. The maximum atomic E-state index is 9.65. The number of aliphatic hydroxyl groups is 1. The second kappa shape index (κ2) is 5.10. The number of pyridine rings is 1. The van der Waals surface area contributed by atoms with Gasteiger partial charge in [-0.15, -0.1) is 0 Å². The van der Waals surface area contributed by atoms with Gasteiger partial charge in [-0.2, -0.15) is 0 Å². The van der Waals surface area contributed by atoms with Crippen molar-refractivity contribution in [1.29, 1.82) is 0 Å². The van der Waals surface area contributed by atoms with Crippen molar-refractivity contribution in [3.63, 3.8) is 0 Å². The van der Waals surface area contributed by atoms with Crippen molar-refractivity contribution in [2.75, 3.05) is 0 Å². The van der Waals surface area contributed by atoms with Gasteiger partial charge in [0, 0.05) is 11.8 Å². The van der Waals surface area contributed by atoms with Crippen LogP contribution in [0.25, 0.3) is 16.9 Å². The minimum absolute atomic E-state index is 0.0214. The average molecular weight is 266 g/mol. The SMILES string of the molecule is CC(C)c1ccc(-c2nc3ccccn3c2CO)cc1. The molecule has 0 atom stereocenters. The van der Waals surface area contributed by atoms with E-state index in [0.29, 0.717) is 5.92 Å². The lowest BCUT2D eigenvalue weighted by molar-refractivity contribution is 0.276. The third-order valence-electron chi connectivity index (χ3n) is 3.63. The summed E-state index contributed by atoms with van der Waals surface area (Å²) in [5.74, 6) is 0.516. The Kier molecular flexibility index (Phi) is 3.28. The molecule has 3 nitrogen and oxygen atoms in total. The zero-order valence-electron chi connectivity index (χ0n) is 11.7. The van der Waals surface area contributed by atoms with E-state index in [1.807, 2.05) is 28.8 Å². The number of benzene rings is 1. The van der Waals surface area contributed by atoms with Crippen LogP contribution in [0.2, 0.25) is 0 Å². The van der Waals surface area contributed by atoms with Gasteiger partial charge in [-0.1, -0.05) is 44.2 Å². The van der Waals surface area contributed by atoms with Gasteiger partial charge in [-0.05, 0) is 23.6 Å². The summed E-state index contributed by atoms with van der Waals surface area (Å²) in [6, 6.07) is 14.3. The van der Waals surface area contributed by atoms with E-state index >= 15 is 0 Å². The molecule has 3 rings (SSSR count). The van der Waals surface area contributed by atoms with Gasteiger partial charge in [0.15, 0.2) is 0 Å². The molecule has 0 aliphatic carbocycles. The molecule has 3 aromatic rings. The predicted octanol–water partition coefficient (Wildman–Crippen LogP) is 3.62. The van der Waals surface area contributed by atoms with E-state index in [1.54, 1.807) is 0 Å². The second-order valence-electron chi connectivity index (χ2n) is 5.27. The molecule has 2 heterocycles. The summed E-state index contributed by atoms with van der Waals surface area (Å²) in [6.07, 6.45) is 1.93. The minimum atomic E-state index is -0.0214. The van der Waals surface area contributed by atoms with Crippen molar-refractivity contribution in [2.45, 2.75) is 26.4 Å². The summed E-state index contributed by atoms with van der Waals surface area (Å²) >= 11 is 0. The molecule has 0 saturated carbocycles. The van der Waals surface area contributed by atoms with Crippen LogP contribution in [0.1, 0.15) is 31.0 Å². The van der Waals surface area contributed by atoms with Gasteiger partial charge in [0.1, 0.15) is 5.65 Å². The smallest absolute Gasteiger partial charge is 0.137 e. The Morgan fingerprint density at radius 3 is 2.50 bits per heavy atom. The Labute approximate surface area is 118 Å². The zero-order chi connectivity index (χ0) is 14.1. The number of rotatable bonds is 3. The third-order valence-corrected chi connectivity index (χ3v) is 3.63. The van der Waals surface area contributed by atoms with Gasteiger partial charge >= 0.3 is 0 Å². The van der Waals surface area contributed by atoms with Crippen LogP contribution in [0.15, 0.2) is 48.7 Å². The van der Waals surface area contributed by atoms with Crippen LogP contribution in [0.5, 0.6) is 0 Å². The summed E-state index contributed by atoms with van der Waals surface area (Å²) in [4.78, 5) is 4.63. The average Bonchev–Trinajstić information content (AvgIpc) is 2.85. The van der Waals surface area contributed by atoms with Gasteiger partial charge in [-0.3, -0.25) is 0 Å². The first-order chi connectivity index (χ1) is 9.70. The maximum absolute atomic E-state index is 9.65. The normalized spacial score (nSPS) is 11.4. The van der Waals surface area contributed by atoms with E-state index < -0.39 is 0 Å². The van der Waals surface area contributed by atoms with Gasteiger partial charge in [0.25, 0.3) is 0 Å². The monoisotopic (exact) mass is 266 g/mol. The molecule has 0 amide bonds. The van der Waals surface area contributed by atoms with Crippen LogP contribution in [-0.4, -0.2) is 14.5 Å². The first-order valence-corrected chi connectivity index (χ1v) is 6.88. The second-order valence-corrected chi connectivity index (χ2v) is 5.27. The van der Waals surface area contributed by atoms with Crippen LogP contribution in [0.4, 0.5) is 0 Å². The number of hydrogen-bond donors (Lipinski definition) is 1. The van der Waals surface area contributed by atoms with Crippen molar-refractivity contribution in [3.8, 4) is 11.3 Å². The summed E-state index contributed by atoms with van der Waals surface area (Å²) < 4.78 is 1.94. The number of fused-ring (bicyclic) bond motifs is 1. The number of aliphatic hydroxyl groups excluding tert-OH is 1. The van der Waals surface area contributed by atoms with Gasteiger partial charge in [0.2, 0.25) is 0 Å². The molecule has 102 valence electrons. The molecule has 2 aromatic heterocycles. The molecule has 0 aliphatic heterocycles. The van der Waals surface area contributed by atoms with Crippen LogP contribution in [0, 0.1) is 0 Å². The summed E-state index contributed by atoms with van der Waals surface area (Å²) in [5, 5.41) is 9.65. The lowest BCUT2D eigenvalue weighted by Gasteiger charge is -2.06. The fourth-order valence-corrected chi connectivity index (χ4v) is 2.45. The topological polar surface area (TPSA) is 37.5 Å². The molecule has 0 saturated heterocycles. The Morgan fingerprint density at radius 1 is 1.10 bits per heavy atom. The minimum Gasteiger partial charge on any atom is -0.390 e. The fraction of sp³-hybridized carbons (Fsp3) is 0.235. The van der Waals surface area contributed by atoms with E-state index in [0.717, 1.165) is 22.6 Å². The van der Waals surface area contributed by atoms with Crippen molar-refractivity contribution in [3.05, 3.63) is 59.9 Å². The molecule has 3 heteroatoms. The molecular weight excluding hydrogens is 248 g/mol. The van der Waals surface area contributed by atoms with Crippen molar-refractivity contribution < 1.29 is 5.11 Å². The fourth-order valence-electron chi connectivity index (χ4n) is 2.45. The Bertz CT molecular complexity index is 726. The molecule has 1 aromatic carbocycles. The number of aromatic nitrogens is 2. The van der Waals surface area contributed by atoms with Crippen LogP contribution >= 0.6 is 0 Å². The summed E-state index contributed by atoms with van der Waals surface area (Å²) in [6.45, 7) is 4.34. The standard InChI is InChI=1S/C17H18N2O/c1-12(2)13-6-8-14(9-7-13)17-15(11-20)19-10-4-3-5-16(19)18-17/h3-10,12,20H,11H2,1-2H3. The highest BCUT2D eigenvalue weighted by Crippen LogP contribution is 2.26. The number of imidazole rings is 1. The first kappa shape index (κ1) is 12.9. The van der Waals surface area contributed by atoms with E-state index in [-0.39, 0.29) is 6.61 Å². The largest absolute Gasteiger partial charge is 0.390 e. The highest BCUT2D eigenvalue weighted by atomic mass is 16.3. The molecule has 0 aliphatic rings. The van der Waals surface area contributed by atoms with Gasteiger partial charge < -0.3 is 9.51 Å². The van der Waals surface area contributed by atoms with E-state index in [4.69, 9.17) is 0 Å². The highest BCUT2D eigenvalue weighted by Gasteiger charge is 2.12. The zero-order valence-corrected chi connectivity index (χ0v) is 11.7. The quantitative estimate of drug-likeness (QED) is 0.786. The summed E-state index contributed by atoms with van der Waals surface area (Å²) in [7, 11) is 0. The molecule has 0 radical (unpaired) electrons. The van der Waals surface area contributed by atoms with E-state index in [2.05, 4.69) is 43.1 Å². The van der Waals surface area contributed by atoms with Crippen LogP contribution < -0.4 is 0 Å². The Balaban J connectivity index is 2.13. The molecule has 1 N–H and O–H groups in total. The lowest BCUT2D eigenvalue weighted by atomic mass is 10.0. The molecule has 0 spiro atoms. The molecule has 20 heavy (non-hydrogen) atoms. The van der Waals surface area contributed by atoms with E-state index in [9.17, 15) is 5.11 Å². The Hall–Kier alpha value is -2.13. The third kappa shape index (κ3) is 2.10. The molecule has 0 bridgehead atoms. The van der Waals surface area contributed by atoms with Gasteiger partial charge in [0.05, 0.1) is 18.0 Å². The maximum Gasteiger partial charge on any atom is 0.137 e. The molecular formula is C17H18N2O. The first-order valence-electron chi connectivity index (χ1n) is 6.88. The van der Waals surface area contributed by atoms with Crippen molar-refractivity contribution in [1.82, 2.24) is 9.38 Å². The van der Waals surface area contributed by atoms with Crippen molar-refractivity contribution >= 4 is 5.65 Å². The number of nitrogens with zero attached hydrogens (tertiary/aromatic N) is 2. The molecule has 0 fully saturated rings. The highest BCUT2D eigenvalue weighted by molar-refractivity contribution is 5.66. The Morgan fingerprint density at radius 2 is 1.85 bits per heavy atom.